The Hall–Kier alpha value is -1.59. The molecule has 2 rings (SSSR count). The molecule has 2 amide bonds. The molecular weight excluding hydrogens is 236 g/mol. The highest BCUT2D eigenvalue weighted by atomic mass is 16.4. The quantitative estimate of drug-likeness (QED) is 0.654. The van der Waals surface area contributed by atoms with Gasteiger partial charge in [0, 0.05) is 19.0 Å². The third-order valence-electron chi connectivity index (χ3n) is 3.76. The van der Waals surface area contributed by atoms with Crippen LogP contribution in [0.1, 0.15) is 32.1 Å². The fourth-order valence-electron chi connectivity index (χ4n) is 2.61. The van der Waals surface area contributed by atoms with Gasteiger partial charge in [0.2, 0.25) is 11.8 Å². The second-order valence-corrected chi connectivity index (χ2v) is 5.09. The minimum Gasteiger partial charge on any atom is -0.481 e. The van der Waals surface area contributed by atoms with Crippen molar-refractivity contribution in [2.24, 2.45) is 11.8 Å². The van der Waals surface area contributed by atoms with E-state index in [0.29, 0.717) is 32.2 Å². The summed E-state index contributed by atoms with van der Waals surface area (Å²) >= 11 is 0. The van der Waals surface area contributed by atoms with Gasteiger partial charge in [-0.3, -0.25) is 14.4 Å². The molecule has 2 fully saturated rings. The molecule has 0 radical (unpaired) electrons. The molecule has 6 nitrogen and oxygen atoms in total. The van der Waals surface area contributed by atoms with Gasteiger partial charge in [-0.05, 0) is 25.7 Å². The van der Waals surface area contributed by atoms with E-state index in [2.05, 4.69) is 10.6 Å². The topological polar surface area (TPSA) is 95.5 Å². The van der Waals surface area contributed by atoms with E-state index in [4.69, 9.17) is 5.11 Å². The number of amides is 2. The van der Waals surface area contributed by atoms with Gasteiger partial charge in [0.1, 0.15) is 0 Å². The molecule has 100 valence electrons. The second kappa shape index (κ2) is 5.37. The summed E-state index contributed by atoms with van der Waals surface area (Å²) in [7, 11) is 0. The summed E-state index contributed by atoms with van der Waals surface area (Å²) < 4.78 is 0. The van der Waals surface area contributed by atoms with Crippen molar-refractivity contribution in [3.05, 3.63) is 0 Å². The van der Waals surface area contributed by atoms with Crippen molar-refractivity contribution in [1.82, 2.24) is 10.6 Å². The van der Waals surface area contributed by atoms with E-state index in [1.165, 1.54) is 0 Å². The standard InChI is InChI=1S/C12H18N2O4/c15-10-4-2-8(6-13-10)11(16)14-9-3-1-7(5-9)12(17)18/h7-9H,1-6H2,(H,13,15)(H,14,16)(H,17,18)/t7-,8?,9+/m1/s1. The van der Waals surface area contributed by atoms with Crippen LogP contribution in [0.5, 0.6) is 0 Å². The van der Waals surface area contributed by atoms with Crippen LogP contribution < -0.4 is 10.6 Å². The first-order valence-corrected chi connectivity index (χ1v) is 6.36. The lowest BCUT2D eigenvalue weighted by Crippen LogP contribution is -2.45. The van der Waals surface area contributed by atoms with E-state index in [1.54, 1.807) is 0 Å². The SMILES string of the molecule is O=C1CCC(C(=O)N[C@H]2CC[C@@H](C(=O)O)C2)CN1. The number of piperidine rings is 1. The van der Waals surface area contributed by atoms with Crippen molar-refractivity contribution in [3.8, 4) is 0 Å². The van der Waals surface area contributed by atoms with Gasteiger partial charge in [-0.1, -0.05) is 0 Å². The number of carboxylic acids is 1. The van der Waals surface area contributed by atoms with Gasteiger partial charge in [-0.15, -0.1) is 0 Å². The molecule has 6 heteroatoms. The number of nitrogens with one attached hydrogen (secondary N) is 2. The number of hydrogen-bond donors (Lipinski definition) is 3. The van der Waals surface area contributed by atoms with Crippen molar-refractivity contribution in [2.75, 3.05) is 6.54 Å². The highest BCUT2D eigenvalue weighted by Crippen LogP contribution is 2.26. The average Bonchev–Trinajstić information content (AvgIpc) is 2.78. The lowest BCUT2D eigenvalue weighted by atomic mass is 9.98. The molecule has 1 aliphatic heterocycles. The Labute approximate surface area is 105 Å². The summed E-state index contributed by atoms with van der Waals surface area (Å²) in [5, 5.41) is 14.4. The highest BCUT2D eigenvalue weighted by Gasteiger charge is 2.32. The van der Waals surface area contributed by atoms with Crippen LogP contribution in [0.15, 0.2) is 0 Å². The van der Waals surface area contributed by atoms with E-state index in [9.17, 15) is 14.4 Å². The van der Waals surface area contributed by atoms with E-state index in [1.807, 2.05) is 0 Å². The first-order valence-electron chi connectivity index (χ1n) is 6.36. The minimum absolute atomic E-state index is 0.00847. The van der Waals surface area contributed by atoms with Crippen LogP contribution in [0.25, 0.3) is 0 Å². The first kappa shape index (κ1) is 12.9. The van der Waals surface area contributed by atoms with Crippen molar-refractivity contribution in [1.29, 1.82) is 0 Å². The Morgan fingerprint density at radius 1 is 1.22 bits per heavy atom. The molecule has 0 aromatic rings. The molecule has 1 saturated heterocycles. The Balaban J connectivity index is 1.78. The molecule has 3 atom stereocenters. The van der Waals surface area contributed by atoms with Crippen molar-refractivity contribution >= 4 is 17.8 Å². The molecule has 0 spiro atoms. The van der Waals surface area contributed by atoms with Crippen molar-refractivity contribution in [2.45, 2.75) is 38.1 Å². The van der Waals surface area contributed by atoms with E-state index < -0.39 is 5.97 Å². The molecule has 0 bridgehead atoms. The Kier molecular flexibility index (Phi) is 3.84. The summed E-state index contributed by atoms with van der Waals surface area (Å²) in [5.74, 6) is -1.36. The fourth-order valence-corrected chi connectivity index (χ4v) is 2.61. The maximum absolute atomic E-state index is 11.9. The summed E-state index contributed by atoms with van der Waals surface area (Å²) in [6.45, 7) is 0.389. The molecule has 2 aliphatic rings. The third-order valence-corrected chi connectivity index (χ3v) is 3.76. The third kappa shape index (κ3) is 3.00. The zero-order valence-corrected chi connectivity index (χ0v) is 10.1. The van der Waals surface area contributed by atoms with Crippen LogP contribution in [0.2, 0.25) is 0 Å². The molecule has 1 unspecified atom stereocenters. The van der Waals surface area contributed by atoms with Crippen LogP contribution in [-0.2, 0) is 14.4 Å². The van der Waals surface area contributed by atoms with Gasteiger partial charge in [0.15, 0.2) is 0 Å². The Morgan fingerprint density at radius 3 is 2.56 bits per heavy atom. The van der Waals surface area contributed by atoms with Gasteiger partial charge < -0.3 is 15.7 Å². The summed E-state index contributed by atoms with van der Waals surface area (Å²) in [5.41, 5.74) is 0. The number of carbonyl (C=O) groups excluding carboxylic acids is 2. The second-order valence-electron chi connectivity index (χ2n) is 5.09. The van der Waals surface area contributed by atoms with Crippen LogP contribution in [-0.4, -0.2) is 35.5 Å². The van der Waals surface area contributed by atoms with Gasteiger partial charge in [0.05, 0.1) is 11.8 Å². The van der Waals surface area contributed by atoms with Gasteiger partial charge >= 0.3 is 5.97 Å². The van der Waals surface area contributed by atoms with Crippen LogP contribution in [0, 0.1) is 11.8 Å². The molecule has 0 aromatic heterocycles. The number of carbonyl (C=O) groups is 3. The maximum atomic E-state index is 11.9. The molecule has 0 aromatic carbocycles. The van der Waals surface area contributed by atoms with Crippen LogP contribution in [0.3, 0.4) is 0 Å². The maximum Gasteiger partial charge on any atom is 0.306 e. The molecule has 18 heavy (non-hydrogen) atoms. The summed E-state index contributed by atoms with van der Waals surface area (Å²) in [6, 6.07) is -0.0313. The fraction of sp³-hybridized carbons (Fsp3) is 0.750. The lowest BCUT2D eigenvalue weighted by Gasteiger charge is -2.23. The predicted molar refractivity (Wildman–Crippen MR) is 62.6 cm³/mol. The zero-order valence-electron chi connectivity index (χ0n) is 10.1. The molecule has 1 saturated carbocycles. The normalized spacial score (nSPS) is 31.8. The lowest BCUT2D eigenvalue weighted by molar-refractivity contribution is -0.141. The molecule has 1 aliphatic carbocycles. The van der Waals surface area contributed by atoms with Crippen molar-refractivity contribution in [3.63, 3.8) is 0 Å². The zero-order chi connectivity index (χ0) is 13.1. The van der Waals surface area contributed by atoms with E-state index >= 15 is 0 Å². The number of carboxylic acid groups (broad SMARTS) is 1. The monoisotopic (exact) mass is 254 g/mol. The smallest absolute Gasteiger partial charge is 0.306 e. The highest BCUT2D eigenvalue weighted by molar-refractivity contribution is 5.84. The number of hydrogen-bond acceptors (Lipinski definition) is 3. The predicted octanol–water partition coefficient (Wildman–Crippen LogP) is -0.118. The Bertz CT molecular complexity index is 359. The summed E-state index contributed by atoms with van der Waals surface area (Å²) in [6.07, 6.45) is 2.83. The summed E-state index contributed by atoms with van der Waals surface area (Å²) in [4.78, 5) is 33.7. The van der Waals surface area contributed by atoms with Gasteiger partial charge in [-0.2, -0.15) is 0 Å². The van der Waals surface area contributed by atoms with Gasteiger partial charge in [-0.25, -0.2) is 0 Å². The molecular formula is C12H18N2O4. The average molecular weight is 254 g/mol. The van der Waals surface area contributed by atoms with E-state index in [-0.39, 0.29) is 29.7 Å². The van der Waals surface area contributed by atoms with E-state index in [0.717, 1.165) is 6.42 Å². The minimum atomic E-state index is -0.781. The molecule has 3 N–H and O–H groups in total. The van der Waals surface area contributed by atoms with Crippen LogP contribution in [0.4, 0.5) is 0 Å². The van der Waals surface area contributed by atoms with Crippen LogP contribution >= 0.6 is 0 Å². The molecule has 1 heterocycles. The van der Waals surface area contributed by atoms with Gasteiger partial charge in [0.25, 0.3) is 0 Å². The first-order chi connectivity index (χ1) is 8.56. The van der Waals surface area contributed by atoms with Crippen molar-refractivity contribution < 1.29 is 19.5 Å². The number of aliphatic carboxylic acids is 1. The Morgan fingerprint density at radius 2 is 2.00 bits per heavy atom. The number of rotatable bonds is 3. The largest absolute Gasteiger partial charge is 0.481 e.